The Balaban J connectivity index is 1.83. The van der Waals surface area contributed by atoms with Gasteiger partial charge in [0.1, 0.15) is 5.82 Å². The maximum Gasteiger partial charge on any atom is 0.178 e. The minimum atomic E-state index is -3.00. The Morgan fingerprint density at radius 2 is 2.04 bits per heavy atom. The highest BCUT2D eigenvalue weighted by atomic mass is 35.5. The van der Waals surface area contributed by atoms with Crippen LogP contribution in [0.4, 0.5) is 4.39 Å². The molecule has 3 rings (SSSR count). The lowest BCUT2D eigenvalue weighted by molar-refractivity contribution is 0.0926. The lowest BCUT2D eigenvalue weighted by atomic mass is 10.1. The quantitative estimate of drug-likeness (QED) is 0.707. The molecule has 2 aromatic rings. The van der Waals surface area contributed by atoms with Gasteiger partial charge in [-0.25, -0.2) is 12.8 Å². The number of hydrogen-bond acceptors (Lipinski definition) is 4. The molecule has 0 N–H and O–H groups in total. The molecule has 1 aliphatic rings. The predicted molar refractivity (Wildman–Crippen MR) is 104 cm³/mol. The second-order valence-electron chi connectivity index (χ2n) is 7.11. The van der Waals surface area contributed by atoms with Crippen molar-refractivity contribution in [3.8, 4) is 5.69 Å². The van der Waals surface area contributed by atoms with Crippen molar-refractivity contribution < 1.29 is 17.6 Å². The number of sulfone groups is 1. The molecule has 1 aromatic heterocycles. The Morgan fingerprint density at radius 1 is 1.33 bits per heavy atom. The average molecular weight is 413 g/mol. The van der Waals surface area contributed by atoms with E-state index in [1.807, 2.05) is 23.3 Å². The first-order valence-corrected chi connectivity index (χ1v) is 10.9. The number of halogens is 2. The second kappa shape index (κ2) is 7.37. The third-order valence-electron chi connectivity index (χ3n) is 5.12. The number of rotatable bonds is 5. The van der Waals surface area contributed by atoms with Crippen LogP contribution in [0, 0.1) is 19.7 Å². The summed E-state index contributed by atoms with van der Waals surface area (Å²) in [7, 11) is -1.22. The number of likely N-dealkylation sites (N-methyl/N-ethyl adjacent to an activating group) is 1. The van der Waals surface area contributed by atoms with Gasteiger partial charge in [-0.05, 0) is 51.6 Å². The Morgan fingerprint density at radius 3 is 2.63 bits per heavy atom. The zero-order chi connectivity index (χ0) is 19.9. The van der Waals surface area contributed by atoms with E-state index in [4.69, 9.17) is 11.6 Å². The maximum absolute atomic E-state index is 13.5. The molecular weight excluding hydrogens is 391 g/mol. The van der Waals surface area contributed by atoms with E-state index in [1.165, 1.54) is 12.1 Å². The molecule has 0 amide bonds. The van der Waals surface area contributed by atoms with E-state index in [2.05, 4.69) is 0 Å². The van der Waals surface area contributed by atoms with E-state index in [0.717, 1.165) is 11.4 Å². The van der Waals surface area contributed by atoms with Gasteiger partial charge in [-0.2, -0.15) is 0 Å². The van der Waals surface area contributed by atoms with Crippen LogP contribution in [0.3, 0.4) is 0 Å². The first kappa shape index (κ1) is 20.0. The molecule has 8 heteroatoms. The van der Waals surface area contributed by atoms with Gasteiger partial charge in [0.05, 0.1) is 23.1 Å². The van der Waals surface area contributed by atoms with Gasteiger partial charge >= 0.3 is 0 Å². The van der Waals surface area contributed by atoms with Crippen LogP contribution < -0.4 is 0 Å². The molecule has 0 saturated carbocycles. The number of nitrogens with zero attached hydrogens (tertiary/aromatic N) is 2. The summed E-state index contributed by atoms with van der Waals surface area (Å²) in [6.07, 6.45) is 0.555. The van der Waals surface area contributed by atoms with Crippen LogP contribution in [-0.4, -0.2) is 54.8 Å². The van der Waals surface area contributed by atoms with E-state index in [9.17, 15) is 17.6 Å². The van der Waals surface area contributed by atoms with E-state index in [-0.39, 0.29) is 34.9 Å². The normalized spacial score (nSPS) is 19.0. The summed E-state index contributed by atoms with van der Waals surface area (Å²) in [6, 6.07) is 6.12. The minimum absolute atomic E-state index is 0.0232. The van der Waals surface area contributed by atoms with E-state index in [0.29, 0.717) is 17.7 Å². The first-order chi connectivity index (χ1) is 12.6. The Kier molecular flexibility index (Phi) is 5.47. The van der Waals surface area contributed by atoms with Crippen LogP contribution in [0.2, 0.25) is 5.02 Å². The average Bonchev–Trinajstić information content (AvgIpc) is 3.09. The van der Waals surface area contributed by atoms with Crippen LogP contribution in [-0.2, 0) is 9.84 Å². The van der Waals surface area contributed by atoms with Crippen LogP contribution >= 0.6 is 11.6 Å². The molecule has 0 spiro atoms. The Bertz CT molecular complexity index is 1000. The van der Waals surface area contributed by atoms with Gasteiger partial charge in [0.2, 0.25) is 0 Å². The Labute approximate surface area is 163 Å². The van der Waals surface area contributed by atoms with Gasteiger partial charge in [-0.3, -0.25) is 9.69 Å². The zero-order valence-corrected chi connectivity index (χ0v) is 17.1. The molecule has 1 unspecified atom stereocenters. The van der Waals surface area contributed by atoms with Gasteiger partial charge in [-0.1, -0.05) is 11.6 Å². The van der Waals surface area contributed by atoms with Gasteiger partial charge in [0.15, 0.2) is 15.6 Å². The standard InChI is InChI=1S/C19H22ClFN2O3S/c1-12-8-16(13(2)23(12)14-4-5-18(21)17(20)9-14)19(24)10-22(3)15-6-7-27(25,26)11-15/h4-5,8-9,15H,6-7,10-11H2,1-3H3. The number of hydrogen-bond donors (Lipinski definition) is 0. The summed E-state index contributed by atoms with van der Waals surface area (Å²) in [5.41, 5.74) is 2.84. The molecule has 0 bridgehead atoms. The zero-order valence-electron chi connectivity index (χ0n) is 15.5. The molecule has 1 aliphatic heterocycles. The van der Waals surface area contributed by atoms with Crippen LogP contribution in [0.15, 0.2) is 24.3 Å². The molecule has 1 saturated heterocycles. The fraction of sp³-hybridized carbons (Fsp3) is 0.421. The fourth-order valence-corrected chi connectivity index (χ4v) is 5.61. The van der Waals surface area contributed by atoms with Crippen LogP contribution in [0.5, 0.6) is 0 Å². The monoisotopic (exact) mass is 412 g/mol. The highest BCUT2D eigenvalue weighted by molar-refractivity contribution is 7.91. The van der Waals surface area contributed by atoms with Crippen molar-refractivity contribution in [2.24, 2.45) is 0 Å². The fourth-order valence-electron chi connectivity index (χ4n) is 3.63. The summed E-state index contributed by atoms with van der Waals surface area (Å²) < 4.78 is 38.6. The van der Waals surface area contributed by atoms with E-state index in [1.54, 1.807) is 19.2 Å². The van der Waals surface area contributed by atoms with Crippen molar-refractivity contribution in [1.29, 1.82) is 0 Å². The molecule has 0 radical (unpaired) electrons. The summed E-state index contributed by atoms with van der Waals surface area (Å²) in [6.45, 7) is 3.85. The minimum Gasteiger partial charge on any atom is -0.318 e. The third kappa shape index (κ3) is 4.10. The van der Waals surface area contributed by atoms with Crippen molar-refractivity contribution in [1.82, 2.24) is 9.47 Å². The van der Waals surface area contributed by atoms with Crippen molar-refractivity contribution in [2.75, 3.05) is 25.1 Å². The van der Waals surface area contributed by atoms with Gasteiger partial charge < -0.3 is 4.57 Å². The van der Waals surface area contributed by atoms with Gasteiger partial charge in [0.25, 0.3) is 0 Å². The molecule has 1 fully saturated rings. The predicted octanol–water partition coefficient (Wildman–Crippen LogP) is 3.19. The van der Waals surface area contributed by atoms with Crippen molar-refractivity contribution in [3.05, 3.63) is 52.1 Å². The second-order valence-corrected chi connectivity index (χ2v) is 9.75. The molecule has 146 valence electrons. The number of ketones is 1. The molecular formula is C19H22ClFN2O3S. The summed E-state index contributed by atoms with van der Waals surface area (Å²) in [5.74, 6) is -0.290. The van der Waals surface area contributed by atoms with Gasteiger partial charge in [-0.15, -0.1) is 0 Å². The van der Waals surface area contributed by atoms with Crippen molar-refractivity contribution in [3.63, 3.8) is 0 Å². The topological polar surface area (TPSA) is 59.4 Å². The number of carbonyl (C=O) groups is 1. The molecule has 2 heterocycles. The number of carbonyl (C=O) groups excluding carboxylic acids is 1. The van der Waals surface area contributed by atoms with Crippen molar-refractivity contribution in [2.45, 2.75) is 26.3 Å². The highest BCUT2D eigenvalue weighted by Crippen LogP contribution is 2.25. The van der Waals surface area contributed by atoms with Gasteiger partial charge in [0, 0.05) is 28.7 Å². The maximum atomic E-state index is 13.5. The third-order valence-corrected chi connectivity index (χ3v) is 7.16. The molecule has 0 aliphatic carbocycles. The Hall–Kier alpha value is -1.70. The van der Waals surface area contributed by atoms with E-state index < -0.39 is 15.7 Å². The smallest absolute Gasteiger partial charge is 0.178 e. The number of benzene rings is 1. The molecule has 27 heavy (non-hydrogen) atoms. The summed E-state index contributed by atoms with van der Waals surface area (Å²) in [5, 5.41) is 0.0232. The summed E-state index contributed by atoms with van der Waals surface area (Å²) >= 11 is 5.89. The van der Waals surface area contributed by atoms with Crippen molar-refractivity contribution >= 4 is 27.2 Å². The number of aromatic nitrogens is 1. The number of aryl methyl sites for hydroxylation is 1. The van der Waals surface area contributed by atoms with Crippen LogP contribution in [0.1, 0.15) is 28.2 Å². The SMILES string of the molecule is Cc1cc(C(=O)CN(C)C2CCS(=O)(=O)C2)c(C)n1-c1ccc(F)c(Cl)c1. The lowest BCUT2D eigenvalue weighted by Crippen LogP contribution is -2.36. The largest absolute Gasteiger partial charge is 0.318 e. The summed E-state index contributed by atoms with van der Waals surface area (Å²) in [4.78, 5) is 14.6. The molecule has 1 aromatic carbocycles. The first-order valence-electron chi connectivity index (χ1n) is 8.67. The van der Waals surface area contributed by atoms with Crippen LogP contribution in [0.25, 0.3) is 5.69 Å². The molecule has 5 nitrogen and oxygen atoms in total. The number of Topliss-reactive ketones (excluding diaryl/α,β-unsaturated/α-hetero) is 1. The highest BCUT2D eigenvalue weighted by Gasteiger charge is 2.31. The molecule has 1 atom stereocenters. The lowest BCUT2D eigenvalue weighted by Gasteiger charge is -2.22. The van der Waals surface area contributed by atoms with E-state index >= 15 is 0 Å².